The first-order chi connectivity index (χ1) is 16.1. The van der Waals surface area contributed by atoms with E-state index in [2.05, 4.69) is 47.2 Å². The van der Waals surface area contributed by atoms with Crippen LogP contribution in [0.3, 0.4) is 0 Å². The average molecular weight is 438 g/mol. The zero-order valence-corrected chi connectivity index (χ0v) is 19.0. The molecule has 2 amide bonds. The Kier molecular flexibility index (Phi) is 5.65. The van der Waals surface area contributed by atoms with Crippen LogP contribution < -0.4 is 10.2 Å². The molecule has 0 saturated carbocycles. The number of fused-ring (bicyclic) bond motifs is 1. The first kappa shape index (κ1) is 20.9. The molecule has 0 aliphatic carbocycles. The fourth-order valence-electron chi connectivity index (χ4n) is 4.44. The summed E-state index contributed by atoms with van der Waals surface area (Å²) in [5.74, 6) is 0. The molecule has 4 aromatic rings. The normalized spacial score (nSPS) is 13.9. The molecule has 6 nitrogen and oxygen atoms in total. The maximum atomic E-state index is 13.2. The van der Waals surface area contributed by atoms with E-state index in [1.165, 1.54) is 16.8 Å². The van der Waals surface area contributed by atoms with Gasteiger partial charge < -0.3 is 15.1 Å². The fourth-order valence-corrected chi connectivity index (χ4v) is 4.44. The minimum absolute atomic E-state index is 0.0800. The van der Waals surface area contributed by atoms with E-state index in [-0.39, 0.29) is 6.03 Å². The van der Waals surface area contributed by atoms with E-state index >= 15 is 0 Å². The van der Waals surface area contributed by atoms with Crippen LogP contribution in [0.25, 0.3) is 22.2 Å². The van der Waals surface area contributed by atoms with E-state index < -0.39 is 0 Å². The van der Waals surface area contributed by atoms with Crippen molar-refractivity contribution in [2.45, 2.75) is 13.8 Å². The van der Waals surface area contributed by atoms with Crippen LogP contribution in [0.5, 0.6) is 0 Å². The highest BCUT2D eigenvalue weighted by Crippen LogP contribution is 2.28. The zero-order chi connectivity index (χ0) is 22.8. The lowest BCUT2D eigenvalue weighted by atomic mass is 10.1. The highest BCUT2D eigenvalue weighted by atomic mass is 16.2. The Morgan fingerprint density at radius 3 is 2.39 bits per heavy atom. The number of amides is 2. The van der Waals surface area contributed by atoms with Crippen molar-refractivity contribution in [2.75, 3.05) is 36.4 Å². The number of benzene rings is 2. The SMILES string of the molecule is Cc1cc(C)cc(N2CCN(C(=O)Nc3cc(-c4cccnc4)nc4ccccc34)CC2)c1. The van der Waals surface area contributed by atoms with E-state index in [9.17, 15) is 4.79 Å². The van der Waals surface area contributed by atoms with Gasteiger partial charge in [0.2, 0.25) is 0 Å². The van der Waals surface area contributed by atoms with E-state index in [1.807, 2.05) is 47.4 Å². The van der Waals surface area contributed by atoms with Crippen LogP contribution in [0.2, 0.25) is 0 Å². The fraction of sp³-hybridized carbons (Fsp3) is 0.222. The molecule has 2 aromatic heterocycles. The molecule has 1 fully saturated rings. The molecule has 0 unspecified atom stereocenters. The summed E-state index contributed by atoms with van der Waals surface area (Å²) in [6.07, 6.45) is 3.53. The van der Waals surface area contributed by atoms with Gasteiger partial charge in [-0.05, 0) is 61.4 Å². The van der Waals surface area contributed by atoms with E-state index in [0.29, 0.717) is 13.1 Å². The Bertz CT molecular complexity index is 1280. The van der Waals surface area contributed by atoms with Crippen molar-refractivity contribution in [1.29, 1.82) is 0 Å². The molecule has 5 rings (SSSR count). The standard InChI is InChI=1S/C27H27N5O/c1-19-14-20(2)16-22(15-19)31-10-12-32(13-11-31)27(33)30-26-17-25(21-6-5-9-28-18-21)29-24-8-4-3-7-23(24)26/h3-9,14-18H,10-13H2,1-2H3,(H,29,30,33). The van der Waals surface area contributed by atoms with Crippen LogP contribution in [0.1, 0.15) is 11.1 Å². The first-order valence-corrected chi connectivity index (χ1v) is 11.3. The number of anilines is 2. The van der Waals surface area contributed by atoms with Gasteiger partial charge in [0, 0.05) is 55.2 Å². The number of carbonyl (C=O) groups excluding carboxylic acids is 1. The number of nitrogens with zero attached hydrogens (tertiary/aromatic N) is 4. The Labute approximate surface area is 193 Å². The van der Waals surface area contributed by atoms with Crippen LogP contribution >= 0.6 is 0 Å². The molecule has 0 atom stereocenters. The number of aryl methyl sites for hydroxylation is 2. The topological polar surface area (TPSA) is 61.4 Å². The minimum atomic E-state index is -0.0800. The first-order valence-electron chi connectivity index (χ1n) is 11.3. The van der Waals surface area contributed by atoms with Crippen molar-refractivity contribution in [3.8, 4) is 11.3 Å². The third-order valence-electron chi connectivity index (χ3n) is 6.05. The molecule has 1 aliphatic rings. The zero-order valence-electron chi connectivity index (χ0n) is 19.0. The quantitative estimate of drug-likeness (QED) is 0.474. The number of hydrogen-bond acceptors (Lipinski definition) is 4. The van der Waals surface area contributed by atoms with Crippen molar-refractivity contribution in [2.24, 2.45) is 0 Å². The molecule has 33 heavy (non-hydrogen) atoms. The Balaban J connectivity index is 1.34. The van der Waals surface area contributed by atoms with Gasteiger partial charge in [-0.15, -0.1) is 0 Å². The van der Waals surface area contributed by atoms with Gasteiger partial charge in [0.05, 0.1) is 16.9 Å². The lowest BCUT2D eigenvalue weighted by Crippen LogP contribution is -2.50. The second kappa shape index (κ2) is 8.90. The number of piperazine rings is 1. The molecule has 3 heterocycles. The van der Waals surface area contributed by atoms with Gasteiger partial charge in [0.1, 0.15) is 0 Å². The molecule has 6 heteroatoms. The molecule has 2 aromatic carbocycles. The molecule has 166 valence electrons. The van der Waals surface area contributed by atoms with Crippen molar-refractivity contribution >= 4 is 28.3 Å². The molecule has 1 N–H and O–H groups in total. The monoisotopic (exact) mass is 437 g/mol. The van der Waals surface area contributed by atoms with Crippen molar-refractivity contribution in [1.82, 2.24) is 14.9 Å². The van der Waals surface area contributed by atoms with Gasteiger partial charge in [-0.25, -0.2) is 9.78 Å². The molecule has 0 bridgehead atoms. The average Bonchev–Trinajstić information content (AvgIpc) is 2.84. The van der Waals surface area contributed by atoms with Gasteiger partial charge in [-0.2, -0.15) is 0 Å². The summed E-state index contributed by atoms with van der Waals surface area (Å²) in [5.41, 5.74) is 7.07. The second-order valence-corrected chi connectivity index (χ2v) is 8.56. The van der Waals surface area contributed by atoms with E-state index in [1.54, 1.807) is 12.4 Å². The Morgan fingerprint density at radius 1 is 0.909 bits per heavy atom. The predicted molar refractivity (Wildman–Crippen MR) is 134 cm³/mol. The molecule has 1 aliphatic heterocycles. The van der Waals surface area contributed by atoms with E-state index in [0.717, 1.165) is 40.9 Å². The minimum Gasteiger partial charge on any atom is -0.368 e. The molecule has 1 saturated heterocycles. The van der Waals surface area contributed by atoms with Gasteiger partial charge >= 0.3 is 6.03 Å². The van der Waals surface area contributed by atoms with Crippen LogP contribution in [0.4, 0.5) is 16.2 Å². The van der Waals surface area contributed by atoms with Crippen LogP contribution in [-0.4, -0.2) is 47.1 Å². The number of para-hydroxylation sites is 1. The summed E-state index contributed by atoms with van der Waals surface area (Å²) >= 11 is 0. The number of aromatic nitrogens is 2. The Morgan fingerprint density at radius 2 is 1.67 bits per heavy atom. The van der Waals surface area contributed by atoms with E-state index in [4.69, 9.17) is 4.98 Å². The number of hydrogen-bond donors (Lipinski definition) is 1. The lowest BCUT2D eigenvalue weighted by Gasteiger charge is -2.36. The molecular weight excluding hydrogens is 410 g/mol. The van der Waals surface area contributed by atoms with Crippen LogP contribution in [0, 0.1) is 13.8 Å². The van der Waals surface area contributed by atoms with Gasteiger partial charge in [-0.3, -0.25) is 4.98 Å². The molecule has 0 radical (unpaired) electrons. The highest BCUT2D eigenvalue weighted by Gasteiger charge is 2.22. The van der Waals surface area contributed by atoms with Crippen LogP contribution in [0.15, 0.2) is 73.1 Å². The highest BCUT2D eigenvalue weighted by molar-refractivity contribution is 6.01. The molecule has 0 spiro atoms. The number of rotatable bonds is 3. The van der Waals surface area contributed by atoms with Gasteiger partial charge in [0.15, 0.2) is 0 Å². The number of urea groups is 1. The summed E-state index contributed by atoms with van der Waals surface area (Å²) in [5, 5.41) is 4.07. The lowest BCUT2D eigenvalue weighted by molar-refractivity contribution is 0.208. The van der Waals surface area contributed by atoms with Crippen molar-refractivity contribution in [3.63, 3.8) is 0 Å². The number of pyridine rings is 2. The summed E-state index contributed by atoms with van der Waals surface area (Å²) in [6.45, 7) is 7.23. The third kappa shape index (κ3) is 4.51. The summed E-state index contributed by atoms with van der Waals surface area (Å²) < 4.78 is 0. The summed E-state index contributed by atoms with van der Waals surface area (Å²) in [7, 11) is 0. The van der Waals surface area contributed by atoms with Gasteiger partial charge in [-0.1, -0.05) is 24.3 Å². The second-order valence-electron chi connectivity index (χ2n) is 8.56. The number of carbonyl (C=O) groups is 1. The third-order valence-corrected chi connectivity index (χ3v) is 6.05. The van der Waals surface area contributed by atoms with Crippen LogP contribution in [-0.2, 0) is 0 Å². The van der Waals surface area contributed by atoms with Crippen molar-refractivity contribution in [3.05, 3.63) is 84.2 Å². The largest absolute Gasteiger partial charge is 0.368 e. The van der Waals surface area contributed by atoms with Gasteiger partial charge in [0.25, 0.3) is 0 Å². The molecular formula is C27H27N5O. The maximum absolute atomic E-state index is 13.2. The number of nitrogens with one attached hydrogen (secondary N) is 1. The summed E-state index contributed by atoms with van der Waals surface area (Å²) in [6, 6.07) is 20.2. The van der Waals surface area contributed by atoms with Crippen molar-refractivity contribution < 1.29 is 4.79 Å². The smallest absolute Gasteiger partial charge is 0.321 e. The summed E-state index contributed by atoms with van der Waals surface area (Å²) in [4.78, 5) is 26.4. The maximum Gasteiger partial charge on any atom is 0.321 e. The predicted octanol–water partition coefficient (Wildman–Crippen LogP) is 5.27. The Hall–Kier alpha value is -3.93.